The van der Waals surface area contributed by atoms with Gasteiger partial charge in [0.15, 0.2) is 0 Å². The minimum atomic E-state index is -1.53. The molecule has 2 aliphatic rings. The molecule has 0 radical (unpaired) electrons. The average Bonchev–Trinajstić information content (AvgIpc) is 3.32. The Labute approximate surface area is 189 Å². The van der Waals surface area contributed by atoms with Crippen LogP contribution < -0.4 is 10.2 Å². The van der Waals surface area contributed by atoms with Crippen LogP contribution in [0.25, 0.3) is 0 Å². The quantitative estimate of drug-likeness (QED) is 0.635. The monoisotopic (exact) mass is 444 g/mol. The largest absolute Gasteiger partial charge is 0.349 e. The highest BCUT2D eigenvalue weighted by molar-refractivity contribution is 7.85. The van der Waals surface area contributed by atoms with Crippen LogP contribution in [0.2, 0.25) is 0 Å². The second-order valence-corrected chi connectivity index (χ2v) is 9.70. The maximum Gasteiger partial charge on any atom is 0.259 e. The number of nitrogens with one attached hydrogen (secondary N) is 1. The number of rotatable bonds is 4. The predicted molar refractivity (Wildman–Crippen MR) is 124 cm³/mol. The van der Waals surface area contributed by atoms with E-state index in [-0.39, 0.29) is 17.9 Å². The first-order valence-electron chi connectivity index (χ1n) is 10.9. The van der Waals surface area contributed by atoms with E-state index in [2.05, 4.69) is 5.32 Å². The Balaban J connectivity index is 1.59. The van der Waals surface area contributed by atoms with Crippen molar-refractivity contribution in [3.63, 3.8) is 0 Å². The lowest BCUT2D eigenvalue weighted by Crippen LogP contribution is -2.33. The third-order valence-electron chi connectivity index (χ3n) is 6.15. The number of anilines is 1. The number of benzene rings is 3. The lowest BCUT2D eigenvalue weighted by atomic mass is 10.1. The molecule has 5 rings (SSSR count). The van der Waals surface area contributed by atoms with E-state index in [9.17, 15) is 13.8 Å². The lowest BCUT2D eigenvalue weighted by Gasteiger charge is -2.24. The van der Waals surface area contributed by atoms with Gasteiger partial charge in [-0.1, -0.05) is 55.3 Å². The molecule has 1 N–H and O–H groups in total. The van der Waals surface area contributed by atoms with E-state index in [0.29, 0.717) is 33.2 Å². The molecule has 3 aromatic rings. The van der Waals surface area contributed by atoms with Crippen LogP contribution in [0.4, 0.5) is 5.69 Å². The van der Waals surface area contributed by atoms with E-state index < -0.39 is 10.8 Å². The number of nitrogens with zero attached hydrogens (tertiary/aromatic N) is 1. The zero-order valence-corrected chi connectivity index (χ0v) is 18.4. The molecule has 5 nitrogen and oxygen atoms in total. The summed E-state index contributed by atoms with van der Waals surface area (Å²) in [5.74, 6) is -0.371. The summed E-state index contributed by atoms with van der Waals surface area (Å²) >= 11 is 0. The molecular weight excluding hydrogens is 420 g/mol. The van der Waals surface area contributed by atoms with Gasteiger partial charge in [0.05, 0.1) is 38.4 Å². The smallest absolute Gasteiger partial charge is 0.259 e. The second kappa shape index (κ2) is 8.71. The van der Waals surface area contributed by atoms with Crippen LogP contribution in [0, 0.1) is 0 Å². The van der Waals surface area contributed by atoms with Crippen LogP contribution in [0.5, 0.6) is 0 Å². The van der Waals surface area contributed by atoms with Crippen LogP contribution in [0.3, 0.4) is 0 Å². The van der Waals surface area contributed by atoms with E-state index in [0.717, 1.165) is 31.2 Å². The molecular formula is C26H24N2O3S. The van der Waals surface area contributed by atoms with E-state index in [1.807, 2.05) is 30.3 Å². The third-order valence-corrected chi connectivity index (χ3v) is 7.65. The number of hydrogen-bond acceptors (Lipinski definition) is 3. The van der Waals surface area contributed by atoms with Gasteiger partial charge in [-0.15, -0.1) is 0 Å². The van der Waals surface area contributed by atoms with Gasteiger partial charge in [-0.05, 0) is 48.7 Å². The summed E-state index contributed by atoms with van der Waals surface area (Å²) in [6, 6.07) is 22.1. The summed E-state index contributed by atoms with van der Waals surface area (Å²) in [5.41, 5.74) is 2.38. The van der Waals surface area contributed by atoms with Crippen LogP contribution in [0.15, 0.2) is 82.6 Å². The van der Waals surface area contributed by atoms with Gasteiger partial charge in [-0.2, -0.15) is 0 Å². The molecule has 1 fully saturated rings. The molecule has 0 spiro atoms. The summed E-state index contributed by atoms with van der Waals surface area (Å²) in [5, 5.41) is 3.10. The zero-order chi connectivity index (χ0) is 22.1. The molecule has 0 unspecified atom stereocenters. The summed E-state index contributed by atoms with van der Waals surface area (Å²) in [6.45, 7) is 0.325. The Morgan fingerprint density at radius 1 is 0.938 bits per heavy atom. The van der Waals surface area contributed by atoms with Crippen LogP contribution in [-0.2, 0) is 17.3 Å². The minimum Gasteiger partial charge on any atom is -0.349 e. The maximum atomic E-state index is 13.6. The van der Waals surface area contributed by atoms with E-state index in [1.165, 1.54) is 0 Å². The molecule has 162 valence electrons. The van der Waals surface area contributed by atoms with E-state index in [4.69, 9.17) is 0 Å². The van der Waals surface area contributed by atoms with Crippen molar-refractivity contribution in [2.75, 3.05) is 4.90 Å². The highest BCUT2D eigenvalue weighted by Crippen LogP contribution is 2.36. The Morgan fingerprint density at radius 3 is 2.44 bits per heavy atom. The number of amides is 2. The van der Waals surface area contributed by atoms with Crippen LogP contribution in [-0.4, -0.2) is 22.1 Å². The van der Waals surface area contributed by atoms with Gasteiger partial charge in [-0.3, -0.25) is 9.59 Å². The Morgan fingerprint density at radius 2 is 1.66 bits per heavy atom. The fraction of sp³-hybridized carbons (Fsp3) is 0.231. The molecule has 0 aromatic heterocycles. The maximum absolute atomic E-state index is 13.6. The molecule has 1 aliphatic heterocycles. The van der Waals surface area contributed by atoms with Crippen molar-refractivity contribution in [3.8, 4) is 0 Å². The second-order valence-electron chi connectivity index (χ2n) is 8.28. The molecule has 1 atom stereocenters. The number of carbonyl (C=O) groups excluding carboxylic acids is 2. The molecule has 1 heterocycles. The lowest BCUT2D eigenvalue weighted by molar-refractivity contribution is 0.0935. The molecule has 6 heteroatoms. The topological polar surface area (TPSA) is 66.5 Å². The first-order valence-corrected chi connectivity index (χ1v) is 12.1. The first-order chi connectivity index (χ1) is 15.6. The predicted octanol–water partition coefficient (Wildman–Crippen LogP) is 4.69. The number of fused-ring (bicyclic) bond motifs is 2. The standard InChI is InChI=1S/C26H24N2O3S/c29-25(27-20-10-4-5-11-20)19-14-15-24-22(16-19)28(17-18-8-2-1-3-9-18)26(30)21-12-6-7-13-23(21)32(24)31/h1-3,6-9,12-16,20H,4-5,10-11,17H2,(H,27,29)/t32-/m0/s1. The van der Waals surface area contributed by atoms with Crippen molar-refractivity contribution >= 4 is 28.3 Å². The van der Waals surface area contributed by atoms with Crippen molar-refractivity contribution in [1.29, 1.82) is 0 Å². The van der Waals surface area contributed by atoms with Gasteiger partial charge in [0.25, 0.3) is 11.8 Å². The third kappa shape index (κ3) is 3.86. The minimum absolute atomic E-state index is 0.153. The molecule has 32 heavy (non-hydrogen) atoms. The summed E-state index contributed by atoms with van der Waals surface area (Å²) in [7, 11) is -1.53. The van der Waals surface area contributed by atoms with E-state index in [1.54, 1.807) is 47.4 Å². The van der Waals surface area contributed by atoms with Crippen molar-refractivity contribution in [2.45, 2.75) is 48.1 Å². The van der Waals surface area contributed by atoms with Gasteiger partial charge >= 0.3 is 0 Å². The molecule has 3 aromatic carbocycles. The van der Waals surface area contributed by atoms with Gasteiger partial charge in [0, 0.05) is 11.6 Å². The van der Waals surface area contributed by atoms with Crippen molar-refractivity contribution in [1.82, 2.24) is 5.32 Å². The summed E-state index contributed by atoms with van der Waals surface area (Å²) in [4.78, 5) is 29.2. The highest BCUT2D eigenvalue weighted by atomic mass is 32.2. The average molecular weight is 445 g/mol. The van der Waals surface area contributed by atoms with Crippen LogP contribution in [0.1, 0.15) is 52.0 Å². The van der Waals surface area contributed by atoms with E-state index >= 15 is 0 Å². The Hall–Kier alpha value is -3.25. The SMILES string of the molecule is O=C(NC1CCCC1)c1ccc2c(c1)N(Cc1ccccc1)C(=O)c1ccccc1[S@@]2=O. The molecule has 1 aliphatic carbocycles. The zero-order valence-electron chi connectivity index (χ0n) is 17.6. The summed E-state index contributed by atoms with van der Waals surface area (Å²) in [6.07, 6.45) is 4.25. The number of hydrogen-bond donors (Lipinski definition) is 1. The van der Waals surface area contributed by atoms with Gasteiger partial charge < -0.3 is 10.2 Å². The fourth-order valence-electron chi connectivity index (χ4n) is 4.47. The molecule has 0 bridgehead atoms. The van der Waals surface area contributed by atoms with Crippen molar-refractivity contribution < 1.29 is 13.8 Å². The van der Waals surface area contributed by atoms with Crippen LogP contribution >= 0.6 is 0 Å². The van der Waals surface area contributed by atoms with Gasteiger partial charge in [0.2, 0.25) is 0 Å². The normalized spacial score (nSPS) is 18.1. The Bertz CT molecular complexity index is 1200. The van der Waals surface area contributed by atoms with Crippen molar-refractivity contribution in [2.24, 2.45) is 0 Å². The molecule has 2 amide bonds. The first kappa shape index (κ1) is 20.6. The molecule has 0 saturated heterocycles. The Kier molecular flexibility index (Phi) is 5.62. The highest BCUT2D eigenvalue weighted by Gasteiger charge is 2.31. The summed E-state index contributed by atoms with van der Waals surface area (Å²) < 4.78 is 13.5. The fourth-order valence-corrected chi connectivity index (χ4v) is 5.81. The van der Waals surface area contributed by atoms with Crippen molar-refractivity contribution in [3.05, 3.63) is 89.5 Å². The number of carbonyl (C=O) groups is 2. The molecule has 1 saturated carbocycles. The van der Waals surface area contributed by atoms with Gasteiger partial charge in [-0.25, -0.2) is 4.21 Å². The van der Waals surface area contributed by atoms with Gasteiger partial charge in [0.1, 0.15) is 0 Å².